The molecule has 2 nitrogen and oxygen atoms in total. The van der Waals surface area contributed by atoms with Crippen molar-refractivity contribution in [2.24, 2.45) is 24.8 Å². The molecule has 154 valence electrons. The van der Waals surface area contributed by atoms with Gasteiger partial charge in [0.05, 0.1) is 5.52 Å². The molecule has 0 spiro atoms. The minimum atomic E-state index is 0.439. The molecule has 0 unspecified atom stereocenters. The molecule has 2 aromatic heterocycles. The van der Waals surface area contributed by atoms with E-state index >= 15 is 0 Å². The molecule has 5 aromatic rings. The molecule has 3 aromatic carbocycles. The van der Waals surface area contributed by atoms with E-state index in [-0.39, 0.29) is 0 Å². The van der Waals surface area contributed by atoms with Crippen molar-refractivity contribution in [3.8, 4) is 0 Å². The third-order valence-corrected chi connectivity index (χ3v) is 9.15. The van der Waals surface area contributed by atoms with Crippen LogP contribution in [0.3, 0.4) is 0 Å². The first kappa shape index (κ1) is 16.9. The van der Waals surface area contributed by atoms with Gasteiger partial charge < -0.3 is 8.98 Å². The Balaban J connectivity index is 1.39. The van der Waals surface area contributed by atoms with Gasteiger partial charge in [0.15, 0.2) is 5.58 Å². The summed E-state index contributed by atoms with van der Waals surface area (Å²) in [6, 6.07) is 20.4. The zero-order valence-corrected chi connectivity index (χ0v) is 18.0. The molecule has 2 heteroatoms. The molecule has 4 fully saturated rings. The third-order valence-electron chi connectivity index (χ3n) is 9.15. The summed E-state index contributed by atoms with van der Waals surface area (Å²) in [5, 5.41) is 5.15. The van der Waals surface area contributed by atoms with Crippen molar-refractivity contribution in [3.63, 3.8) is 0 Å². The van der Waals surface area contributed by atoms with Gasteiger partial charge in [-0.2, -0.15) is 0 Å². The molecule has 4 aliphatic carbocycles. The SMILES string of the molecule is Cn1c2ccc(C34CC5CC(CC(C5)C3)C4)cc2c2ccc3c4ccccc4oc3c21. The van der Waals surface area contributed by atoms with Crippen molar-refractivity contribution in [2.45, 2.75) is 43.9 Å². The lowest BCUT2D eigenvalue weighted by atomic mass is 9.48. The smallest absolute Gasteiger partial charge is 0.159 e. The van der Waals surface area contributed by atoms with Crippen LogP contribution in [-0.4, -0.2) is 4.57 Å². The second kappa shape index (κ2) is 5.54. The van der Waals surface area contributed by atoms with Crippen molar-refractivity contribution >= 4 is 43.7 Å². The number of hydrogen-bond donors (Lipinski definition) is 0. The van der Waals surface area contributed by atoms with Crippen LogP contribution in [0.25, 0.3) is 43.7 Å². The summed E-state index contributed by atoms with van der Waals surface area (Å²) >= 11 is 0. The molecule has 4 bridgehead atoms. The fraction of sp³-hybridized carbons (Fsp3) is 0.379. The average molecular weight is 406 g/mol. The molecule has 0 radical (unpaired) electrons. The maximum Gasteiger partial charge on any atom is 0.159 e. The van der Waals surface area contributed by atoms with Gasteiger partial charge in [0.1, 0.15) is 5.58 Å². The van der Waals surface area contributed by atoms with Crippen LogP contribution in [0.4, 0.5) is 0 Å². The van der Waals surface area contributed by atoms with Gasteiger partial charge in [-0.25, -0.2) is 0 Å². The van der Waals surface area contributed by atoms with E-state index in [1.165, 1.54) is 71.1 Å². The Hall–Kier alpha value is -2.74. The van der Waals surface area contributed by atoms with E-state index in [4.69, 9.17) is 4.42 Å². The zero-order chi connectivity index (χ0) is 20.3. The van der Waals surface area contributed by atoms with Crippen LogP contribution in [0.5, 0.6) is 0 Å². The van der Waals surface area contributed by atoms with Gasteiger partial charge in [-0.3, -0.25) is 0 Å². The van der Waals surface area contributed by atoms with E-state index in [2.05, 4.69) is 66.2 Å². The molecule has 31 heavy (non-hydrogen) atoms. The summed E-state index contributed by atoms with van der Waals surface area (Å²) in [4.78, 5) is 0. The predicted molar refractivity (Wildman–Crippen MR) is 128 cm³/mol. The summed E-state index contributed by atoms with van der Waals surface area (Å²) in [6.07, 6.45) is 8.76. The minimum absolute atomic E-state index is 0.439. The summed E-state index contributed by atoms with van der Waals surface area (Å²) in [5.74, 6) is 2.93. The number of nitrogens with zero attached hydrogens (tertiary/aromatic N) is 1. The Morgan fingerprint density at radius 2 is 1.48 bits per heavy atom. The van der Waals surface area contributed by atoms with E-state index in [1.807, 2.05) is 0 Å². The highest BCUT2D eigenvalue weighted by molar-refractivity contribution is 6.20. The maximum atomic E-state index is 6.39. The van der Waals surface area contributed by atoms with Gasteiger partial charge in [0, 0.05) is 34.1 Å². The maximum absolute atomic E-state index is 6.39. The Bertz CT molecular complexity index is 1500. The number of rotatable bonds is 1. The molecule has 4 aliphatic rings. The van der Waals surface area contributed by atoms with Crippen LogP contribution >= 0.6 is 0 Å². The van der Waals surface area contributed by atoms with E-state index in [1.54, 1.807) is 5.56 Å². The number of hydrogen-bond acceptors (Lipinski definition) is 1. The number of aryl methyl sites for hydroxylation is 1. The summed E-state index contributed by atoms with van der Waals surface area (Å²) in [6.45, 7) is 0. The van der Waals surface area contributed by atoms with Crippen molar-refractivity contribution in [1.29, 1.82) is 0 Å². The topological polar surface area (TPSA) is 18.1 Å². The van der Waals surface area contributed by atoms with Gasteiger partial charge >= 0.3 is 0 Å². The summed E-state index contributed by atoms with van der Waals surface area (Å²) < 4.78 is 8.73. The summed E-state index contributed by atoms with van der Waals surface area (Å²) in [7, 11) is 2.20. The van der Waals surface area contributed by atoms with Crippen LogP contribution in [0.15, 0.2) is 59.0 Å². The van der Waals surface area contributed by atoms with Crippen LogP contribution in [0.2, 0.25) is 0 Å². The number of furan rings is 1. The standard InChI is InChI=1S/C29H27NO/c1-30-25-9-6-20(29-14-17-10-18(15-29)12-19(11-17)16-29)13-24(25)22-7-8-23-21-4-2-3-5-26(21)31-28(23)27(22)30/h2-9,13,17-19H,10-12,14-16H2,1H3. The number of fused-ring (bicyclic) bond motifs is 7. The quantitative estimate of drug-likeness (QED) is 0.279. The van der Waals surface area contributed by atoms with Crippen molar-refractivity contribution in [2.75, 3.05) is 0 Å². The number of benzene rings is 3. The minimum Gasteiger partial charge on any atom is -0.454 e. The highest BCUT2D eigenvalue weighted by atomic mass is 16.3. The Morgan fingerprint density at radius 1 is 0.774 bits per heavy atom. The first-order valence-electron chi connectivity index (χ1n) is 12.0. The highest BCUT2D eigenvalue weighted by Gasteiger charge is 2.51. The van der Waals surface area contributed by atoms with E-state index < -0.39 is 0 Å². The van der Waals surface area contributed by atoms with Gasteiger partial charge in [-0.1, -0.05) is 30.3 Å². The monoisotopic (exact) mass is 405 g/mol. The molecule has 9 rings (SSSR count). The van der Waals surface area contributed by atoms with Crippen molar-refractivity contribution in [3.05, 3.63) is 60.2 Å². The molecule has 0 amide bonds. The second-order valence-electron chi connectivity index (χ2n) is 10.9. The first-order chi connectivity index (χ1) is 15.2. The van der Waals surface area contributed by atoms with Gasteiger partial charge in [-0.05, 0) is 91.5 Å². The lowest BCUT2D eigenvalue weighted by molar-refractivity contribution is -0.00512. The van der Waals surface area contributed by atoms with E-state index in [0.29, 0.717) is 5.41 Å². The first-order valence-corrected chi connectivity index (χ1v) is 12.0. The Kier molecular flexibility index (Phi) is 3.02. The van der Waals surface area contributed by atoms with Gasteiger partial charge in [-0.15, -0.1) is 0 Å². The molecule has 4 saturated carbocycles. The van der Waals surface area contributed by atoms with Crippen LogP contribution in [-0.2, 0) is 12.5 Å². The fourth-order valence-electron chi connectivity index (χ4n) is 8.28. The second-order valence-corrected chi connectivity index (χ2v) is 10.9. The Labute approximate surface area is 181 Å². The van der Waals surface area contributed by atoms with Crippen molar-refractivity contribution in [1.82, 2.24) is 4.57 Å². The predicted octanol–water partition coefficient (Wildman–Crippen LogP) is 7.70. The molecule has 2 heterocycles. The van der Waals surface area contributed by atoms with E-state index in [0.717, 1.165) is 28.9 Å². The zero-order valence-electron chi connectivity index (χ0n) is 18.0. The number of aromatic nitrogens is 1. The Morgan fingerprint density at radius 3 is 2.26 bits per heavy atom. The number of para-hydroxylation sites is 1. The molecule has 0 saturated heterocycles. The molecule has 0 atom stereocenters. The fourth-order valence-corrected chi connectivity index (χ4v) is 8.28. The van der Waals surface area contributed by atoms with Gasteiger partial charge in [0.2, 0.25) is 0 Å². The molecule has 0 aliphatic heterocycles. The van der Waals surface area contributed by atoms with Crippen LogP contribution in [0.1, 0.15) is 44.1 Å². The largest absolute Gasteiger partial charge is 0.454 e. The lowest BCUT2D eigenvalue weighted by Crippen LogP contribution is -2.48. The molecule has 0 N–H and O–H groups in total. The van der Waals surface area contributed by atoms with Crippen LogP contribution in [0, 0.1) is 17.8 Å². The van der Waals surface area contributed by atoms with Crippen LogP contribution < -0.4 is 0 Å². The average Bonchev–Trinajstić information content (AvgIpc) is 3.28. The molecular formula is C29H27NO. The lowest BCUT2D eigenvalue weighted by Gasteiger charge is -2.57. The molecular weight excluding hydrogens is 378 g/mol. The third kappa shape index (κ3) is 2.09. The van der Waals surface area contributed by atoms with E-state index in [9.17, 15) is 0 Å². The summed E-state index contributed by atoms with van der Waals surface area (Å²) in [5.41, 5.74) is 6.59. The van der Waals surface area contributed by atoms with Gasteiger partial charge in [0.25, 0.3) is 0 Å². The normalized spacial score (nSPS) is 29.8. The van der Waals surface area contributed by atoms with Crippen molar-refractivity contribution < 1.29 is 4.42 Å². The highest BCUT2D eigenvalue weighted by Crippen LogP contribution is 2.61.